The van der Waals surface area contributed by atoms with E-state index in [1.807, 2.05) is 26.8 Å². The second-order valence-electron chi connectivity index (χ2n) is 4.53. The molecule has 84 valence electrons. The number of rotatable bonds is 3. The fourth-order valence-corrected chi connectivity index (χ4v) is 1.27. The van der Waals surface area contributed by atoms with E-state index >= 15 is 0 Å². The fourth-order valence-electron chi connectivity index (χ4n) is 1.27. The number of hydrogen-bond donors (Lipinski definition) is 1. The van der Waals surface area contributed by atoms with Crippen LogP contribution in [0.5, 0.6) is 0 Å². The van der Waals surface area contributed by atoms with Crippen molar-refractivity contribution in [1.82, 2.24) is 0 Å². The van der Waals surface area contributed by atoms with Gasteiger partial charge in [0.2, 0.25) is 0 Å². The first kappa shape index (κ1) is 12.4. The van der Waals surface area contributed by atoms with E-state index < -0.39 is 5.41 Å². The van der Waals surface area contributed by atoms with Crippen LogP contribution in [0.1, 0.15) is 36.7 Å². The Balaban J connectivity index is 3.02. The van der Waals surface area contributed by atoms with E-state index in [9.17, 15) is 4.79 Å². The van der Waals surface area contributed by atoms with Crippen LogP contribution in [-0.2, 0) is 0 Å². The summed E-state index contributed by atoms with van der Waals surface area (Å²) in [7, 11) is 0. The Morgan fingerprint density at radius 2 is 1.88 bits per heavy atom. The maximum atomic E-state index is 12.1. The number of nitriles is 1. The molecule has 3 nitrogen and oxygen atoms in total. The highest BCUT2D eigenvalue weighted by atomic mass is 16.1. The van der Waals surface area contributed by atoms with Gasteiger partial charge in [-0.3, -0.25) is 4.79 Å². The minimum absolute atomic E-state index is 0.00647. The standard InChI is InChI=1S/C13H16N2O/c1-9(15)13(2,3)12(16)11-6-4-10(8-14)5-7-11/h4-7,9H,15H2,1-3H3. The lowest BCUT2D eigenvalue weighted by atomic mass is 9.79. The normalized spacial score (nSPS) is 12.9. The molecule has 0 aliphatic rings. The van der Waals surface area contributed by atoms with Crippen molar-refractivity contribution in [3.05, 3.63) is 35.4 Å². The third-order valence-electron chi connectivity index (χ3n) is 3.00. The van der Waals surface area contributed by atoms with Gasteiger partial charge in [0.15, 0.2) is 5.78 Å². The van der Waals surface area contributed by atoms with Gasteiger partial charge in [0.05, 0.1) is 11.6 Å². The molecule has 1 aromatic carbocycles. The first-order chi connectivity index (χ1) is 7.39. The predicted molar refractivity (Wildman–Crippen MR) is 62.9 cm³/mol. The summed E-state index contributed by atoms with van der Waals surface area (Å²) in [6.45, 7) is 5.48. The molecule has 0 fully saturated rings. The average Bonchev–Trinajstić information content (AvgIpc) is 2.28. The highest BCUT2D eigenvalue weighted by Crippen LogP contribution is 2.24. The second kappa shape index (κ2) is 4.46. The van der Waals surface area contributed by atoms with Gasteiger partial charge in [-0.25, -0.2) is 0 Å². The highest BCUT2D eigenvalue weighted by molar-refractivity contribution is 6.00. The SMILES string of the molecule is CC(N)C(C)(C)C(=O)c1ccc(C#N)cc1. The Hall–Kier alpha value is -1.66. The number of ketones is 1. The number of benzene rings is 1. The number of Topliss-reactive ketones (excluding diaryl/α,β-unsaturated/α-hetero) is 1. The monoisotopic (exact) mass is 216 g/mol. The Kier molecular flexibility index (Phi) is 3.46. The molecule has 3 heteroatoms. The summed E-state index contributed by atoms with van der Waals surface area (Å²) < 4.78 is 0. The van der Waals surface area contributed by atoms with Crippen molar-refractivity contribution in [2.45, 2.75) is 26.8 Å². The lowest BCUT2D eigenvalue weighted by Gasteiger charge is -2.27. The molecule has 16 heavy (non-hydrogen) atoms. The van der Waals surface area contributed by atoms with Gasteiger partial charge in [-0.15, -0.1) is 0 Å². The van der Waals surface area contributed by atoms with Gasteiger partial charge < -0.3 is 5.73 Å². The molecule has 0 bridgehead atoms. The maximum Gasteiger partial charge on any atom is 0.169 e. The van der Waals surface area contributed by atoms with Crippen LogP contribution in [0.4, 0.5) is 0 Å². The van der Waals surface area contributed by atoms with Crippen molar-refractivity contribution in [3.8, 4) is 6.07 Å². The van der Waals surface area contributed by atoms with E-state index in [4.69, 9.17) is 11.0 Å². The van der Waals surface area contributed by atoms with Gasteiger partial charge in [0.25, 0.3) is 0 Å². The number of nitrogens with zero attached hydrogens (tertiary/aromatic N) is 1. The average molecular weight is 216 g/mol. The smallest absolute Gasteiger partial charge is 0.169 e. The van der Waals surface area contributed by atoms with Crippen molar-refractivity contribution < 1.29 is 4.79 Å². The maximum absolute atomic E-state index is 12.1. The number of hydrogen-bond acceptors (Lipinski definition) is 3. The fraction of sp³-hybridized carbons (Fsp3) is 0.385. The molecule has 0 radical (unpaired) electrons. The van der Waals surface area contributed by atoms with Gasteiger partial charge in [-0.2, -0.15) is 5.26 Å². The van der Waals surface area contributed by atoms with Crippen LogP contribution in [0.2, 0.25) is 0 Å². The van der Waals surface area contributed by atoms with Gasteiger partial charge in [-0.05, 0) is 19.1 Å². The Morgan fingerprint density at radius 3 is 2.25 bits per heavy atom. The zero-order valence-corrected chi connectivity index (χ0v) is 9.82. The molecule has 0 aliphatic carbocycles. The minimum Gasteiger partial charge on any atom is -0.327 e. The van der Waals surface area contributed by atoms with Crippen LogP contribution >= 0.6 is 0 Å². The van der Waals surface area contributed by atoms with E-state index in [1.54, 1.807) is 24.3 Å². The summed E-state index contributed by atoms with van der Waals surface area (Å²) in [5.41, 5.74) is 6.35. The van der Waals surface area contributed by atoms with Crippen molar-refractivity contribution in [1.29, 1.82) is 5.26 Å². The van der Waals surface area contributed by atoms with Gasteiger partial charge in [-0.1, -0.05) is 26.0 Å². The molecule has 0 aromatic heterocycles. The summed E-state index contributed by atoms with van der Waals surface area (Å²) in [5.74, 6) is 0.00647. The lowest BCUT2D eigenvalue weighted by Crippen LogP contribution is -2.41. The number of carbonyl (C=O) groups is 1. The summed E-state index contributed by atoms with van der Waals surface area (Å²) in [6.07, 6.45) is 0. The largest absolute Gasteiger partial charge is 0.327 e. The van der Waals surface area contributed by atoms with Gasteiger partial charge in [0.1, 0.15) is 0 Å². The minimum atomic E-state index is -0.589. The molecule has 0 saturated carbocycles. The third kappa shape index (κ3) is 2.29. The summed E-state index contributed by atoms with van der Waals surface area (Å²) in [4.78, 5) is 12.1. The molecule has 1 aromatic rings. The van der Waals surface area contributed by atoms with Crippen LogP contribution in [0.3, 0.4) is 0 Å². The molecule has 1 unspecified atom stereocenters. The first-order valence-electron chi connectivity index (χ1n) is 5.20. The van der Waals surface area contributed by atoms with Crippen molar-refractivity contribution in [2.24, 2.45) is 11.1 Å². The molecule has 1 rings (SSSR count). The topological polar surface area (TPSA) is 66.9 Å². The van der Waals surface area contributed by atoms with E-state index in [2.05, 4.69) is 0 Å². The molecule has 0 spiro atoms. The van der Waals surface area contributed by atoms with Gasteiger partial charge in [0, 0.05) is 17.0 Å². The second-order valence-corrected chi connectivity index (χ2v) is 4.53. The molecule has 1 atom stereocenters. The van der Waals surface area contributed by atoms with Crippen LogP contribution < -0.4 is 5.73 Å². The van der Waals surface area contributed by atoms with Crippen LogP contribution in [0, 0.1) is 16.7 Å². The molecule has 2 N–H and O–H groups in total. The van der Waals surface area contributed by atoms with E-state index in [-0.39, 0.29) is 11.8 Å². The molecular weight excluding hydrogens is 200 g/mol. The van der Waals surface area contributed by atoms with Crippen molar-refractivity contribution >= 4 is 5.78 Å². The van der Waals surface area contributed by atoms with Gasteiger partial charge >= 0.3 is 0 Å². The zero-order chi connectivity index (χ0) is 12.3. The number of nitrogens with two attached hydrogens (primary N) is 1. The summed E-state index contributed by atoms with van der Waals surface area (Å²) in [6, 6.07) is 8.44. The third-order valence-corrected chi connectivity index (χ3v) is 3.00. The van der Waals surface area contributed by atoms with Crippen LogP contribution in [-0.4, -0.2) is 11.8 Å². The molecular formula is C13H16N2O. The zero-order valence-electron chi connectivity index (χ0n) is 9.82. The van der Waals surface area contributed by atoms with E-state index in [0.29, 0.717) is 11.1 Å². The molecule has 0 saturated heterocycles. The van der Waals surface area contributed by atoms with Crippen LogP contribution in [0.15, 0.2) is 24.3 Å². The summed E-state index contributed by atoms with van der Waals surface area (Å²) >= 11 is 0. The van der Waals surface area contributed by atoms with Crippen molar-refractivity contribution in [3.63, 3.8) is 0 Å². The summed E-state index contributed by atoms with van der Waals surface area (Å²) in [5, 5.41) is 8.66. The quantitative estimate of drug-likeness (QED) is 0.787. The molecule has 0 aliphatic heterocycles. The first-order valence-corrected chi connectivity index (χ1v) is 5.20. The molecule has 0 heterocycles. The van der Waals surface area contributed by atoms with Crippen molar-refractivity contribution in [2.75, 3.05) is 0 Å². The predicted octanol–water partition coefficient (Wildman–Crippen LogP) is 2.11. The van der Waals surface area contributed by atoms with E-state index in [1.165, 1.54) is 0 Å². The van der Waals surface area contributed by atoms with Crippen LogP contribution in [0.25, 0.3) is 0 Å². The molecule has 0 amide bonds. The van der Waals surface area contributed by atoms with E-state index in [0.717, 1.165) is 0 Å². The Labute approximate surface area is 95.9 Å². The Bertz CT molecular complexity index is 424. The highest BCUT2D eigenvalue weighted by Gasteiger charge is 2.32. The lowest BCUT2D eigenvalue weighted by molar-refractivity contribution is 0.0811. The Morgan fingerprint density at radius 1 is 1.38 bits per heavy atom. The number of carbonyl (C=O) groups excluding carboxylic acids is 1.